The zero-order chi connectivity index (χ0) is 31.8. The molecule has 4 amide bonds. The Bertz CT molecular complexity index is 1640. The molecule has 45 heavy (non-hydrogen) atoms. The van der Waals surface area contributed by atoms with E-state index >= 15 is 0 Å². The molecular weight excluding hydrogens is 621 g/mol. The molecule has 12 heteroatoms. The molecule has 0 unspecified atom stereocenters. The summed E-state index contributed by atoms with van der Waals surface area (Å²) < 4.78 is 11.1. The molecule has 3 aliphatic heterocycles. The number of benzene rings is 2. The Hall–Kier alpha value is -3.60. The van der Waals surface area contributed by atoms with Gasteiger partial charge in [0.1, 0.15) is 0 Å². The monoisotopic (exact) mass is 653 g/mol. The Morgan fingerprint density at radius 2 is 1.64 bits per heavy atom. The molecule has 0 spiro atoms. The van der Waals surface area contributed by atoms with Gasteiger partial charge in [0, 0.05) is 31.7 Å². The van der Waals surface area contributed by atoms with E-state index in [1.54, 1.807) is 31.2 Å². The zero-order valence-corrected chi connectivity index (χ0v) is 26.4. The summed E-state index contributed by atoms with van der Waals surface area (Å²) in [5.74, 6) is -4.89. The van der Waals surface area contributed by atoms with Crippen molar-refractivity contribution in [2.24, 2.45) is 17.8 Å². The first-order valence-corrected chi connectivity index (χ1v) is 15.9. The number of anilines is 2. The van der Waals surface area contributed by atoms with Crippen LogP contribution in [0.15, 0.2) is 54.1 Å². The van der Waals surface area contributed by atoms with E-state index in [2.05, 4.69) is 4.90 Å². The molecule has 3 heterocycles. The van der Waals surface area contributed by atoms with E-state index in [-0.39, 0.29) is 42.8 Å². The average Bonchev–Trinajstić information content (AvgIpc) is 3.37. The van der Waals surface area contributed by atoms with Crippen molar-refractivity contribution in [3.63, 3.8) is 0 Å². The number of carbonyl (C=O) groups excluding carboxylic acids is 4. The van der Waals surface area contributed by atoms with Gasteiger partial charge in [0.2, 0.25) is 11.8 Å². The fraction of sp³-hybridized carbons (Fsp3) is 0.455. The fourth-order valence-corrected chi connectivity index (χ4v) is 9.01. The van der Waals surface area contributed by atoms with Crippen LogP contribution < -0.4 is 14.5 Å². The number of aromatic hydroxyl groups is 1. The van der Waals surface area contributed by atoms with Crippen LogP contribution in [0.3, 0.4) is 0 Å². The molecule has 6 atom stereocenters. The molecule has 4 fully saturated rings. The third-order valence-corrected chi connectivity index (χ3v) is 11.5. The lowest BCUT2D eigenvalue weighted by Gasteiger charge is -2.50. The normalized spacial score (nSPS) is 32.8. The van der Waals surface area contributed by atoms with Crippen LogP contribution >= 0.6 is 23.2 Å². The van der Waals surface area contributed by atoms with Crippen molar-refractivity contribution >= 4 is 58.2 Å². The number of imide groups is 2. The van der Waals surface area contributed by atoms with Gasteiger partial charge in [-0.3, -0.25) is 29.0 Å². The number of halogens is 2. The zero-order valence-electron chi connectivity index (χ0n) is 24.9. The summed E-state index contributed by atoms with van der Waals surface area (Å²) in [6.45, 7) is 4.85. The number of ether oxygens (including phenoxy) is 2. The number of alkyl halides is 2. The van der Waals surface area contributed by atoms with Crippen LogP contribution in [0.1, 0.15) is 31.2 Å². The maximum absolute atomic E-state index is 14.3. The van der Waals surface area contributed by atoms with E-state index in [0.29, 0.717) is 30.0 Å². The van der Waals surface area contributed by atoms with Crippen molar-refractivity contribution < 1.29 is 33.8 Å². The second-order valence-corrected chi connectivity index (χ2v) is 13.5. The average molecular weight is 655 g/mol. The van der Waals surface area contributed by atoms with Gasteiger partial charge in [0.15, 0.2) is 21.2 Å². The topological polar surface area (TPSA) is 117 Å². The molecule has 0 radical (unpaired) electrons. The largest absolute Gasteiger partial charge is 0.504 e. The summed E-state index contributed by atoms with van der Waals surface area (Å²) in [5, 5.41) is 10.4. The fourth-order valence-electron chi connectivity index (χ4n) is 7.99. The molecule has 1 saturated carbocycles. The predicted octanol–water partition coefficient (Wildman–Crippen LogP) is 3.82. The summed E-state index contributed by atoms with van der Waals surface area (Å²) in [7, 11) is 1.35. The lowest BCUT2D eigenvalue weighted by atomic mass is 9.56. The Labute approximate surface area is 270 Å². The second-order valence-electron chi connectivity index (χ2n) is 12.3. The van der Waals surface area contributed by atoms with Crippen molar-refractivity contribution in [3.05, 3.63) is 59.7 Å². The molecule has 2 aromatic rings. The number of carbonyl (C=O) groups is 4. The highest BCUT2D eigenvalue weighted by Gasteiger charge is 2.75. The number of fused-ring (bicyclic) bond motifs is 4. The molecule has 10 nitrogen and oxygen atoms in total. The first-order valence-electron chi connectivity index (χ1n) is 15.2. The minimum atomic E-state index is -1.91. The molecule has 0 aromatic heterocycles. The highest BCUT2D eigenvalue weighted by atomic mass is 35.5. The van der Waals surface area contributed by atoms with Crippen LogP contribution in [0.4, 0.5) is 11.4 Å². The molecule has 236 valence electrons. The number of likely N-dealkylation sites (tertiary alicyclic amines) is 1. The van der Waals surface area contributed by atoms with Gasteiger partial charge in [0.25, 0.3) is 11.8 Å². The number of morpholine rings is 1. The summed E-state index contributed by atoms with van der Waals surface area (Å²) in [4.78, 5) is 56.2. The van der Waals surface area contributed by atoms with Crippen LogP contribution in [0, 0.1) is 17.8 Å². The van der Waals surface area contributed by atoms with Crippen molar-refractivity contribution in [3.8, 4) is 11.5 Å². The van der Waals surface area contributed by atoms with Crippen molar-refractivity contribution in [2.45, 2.75) is 35.4 Å². The number of nitrogens with zero attached hydrogens (tertiary/aromatic N) is 3. The maximum atomic E-state index is 14.3. The van der Waals surface area contributed by atoms with Crippen LogP contribution in [0.5, 0.6) is 11.5 Å². The third-order valence-electron chi connectivity index (χ3n) is 10.1. The van der Waals surface area contributed by atoms with E-state index in [1.807, 2.05) is 18.2 Å². The Kier molecular flexibility index (Phi) is 7.18. The second kappa shape index (κ2) is 10.7. The molecule has 5 aliphatic rings. The number of phenols is 1. The van der Waals surface area contributed by atoms with E-state index in [1.165, 1.54) is 18.0 Å². The molecule has 3 saturated heterocycles. The molecule has 7 rings (SSSR count). The Balaban J connectivity index is 1.29. The minimum Gasteiger partial charge on any atom is -0.504 e. The van der Waals surface area contributed by atoms with Crippen LogP contribution in [0.2, 0.25) is 0 Å². The van der Waals surface area contributed by atoms with Gasteiger partial charge < -0.3 is 19.5 Å². The molecule has 1 N–H and O–H groups in total. The first-order chi connectivity index (χ1) is 21.5. The van der Waals surface area contributed by atoms with Crippen molar-refractivity contribution in [2.75, 3.05) is 49.8 Å². The highest BCUT2D eigenvalue weighted by Crippen LogP contribution is 2.65. The Morgan fingerprint density at radius 1 is 0.956 bits per heavy atom. The molecule has 2 aliphatic carbocycles. The van der Waals surface area contributed by atoms with Gasteiger partial charge in [-0.15, -0.1) is 23.2 Å². The van der Waals surface area contributed by atoms with Gasteiger partial charge >= 0.3 is 0 Å². The van der Waals surface area contributed by atoms with Crippen LogP contribution in [0.25, 0.3) is 0 Å². The SMILES string of the molecule is CCOc1cc([C@H]2C3=CC[C@@H]4C(=O)N(c5ccc(N6CCOCC6)cc5)C(=O)[C@@H]4[C@@H]3C[C@@]3(Cl)C(=O)N(C)C(=O)[C@@]23Cl)ccc1O. The smallest absolute Gasteiger partial charge is 0.253 e. The lowest BCUT2D eigenvalue weighted by Crippen LogP contribution is -2.60. The van der Waals surface area contributed by atoms with Crippen LogP contribution in [-0.4, -0.2) is 83.3 Å². The summed E-state index contributed by atoms with van der Waals surface area (Å²) in [5.41, 5.74) is 2.64. The quantitative estimate of drug-likeness (QED) is 0.294. The maximum Gasteiger partial charge on any atom is 0.253 e. The van der Waals surface area contributed by atoms with E-state index in [0.717, 1.165) is 23.7 Å². The molecule has 0 bridgehead atoms. The number of rotatable bonds is 5. The van der Waals surface area contributed by atoms with E-state index in [4.69, 9.17) is 32.7 Å². The summed E-state index contributed by atoms with van der Waals surface area (Å²) in [6, 6.07) is 12.0. The highest BCUT2D eigenvalue weighted by molar-refractivity contribution is 6.53. The third kappa shape index (κ3) is 4.18. The summed E-state index contributed by atoms with van der Waals surface area (Å²) >= 11 is 14.5. The predicted molar refractivity (Wildman–Crippen MR) is 167 cm³/mol. The van der Waals surface area contributed by atoms with E-state index in [9.17, 15) is 24.3 Å². The van der Waals surface area contributed by atoms with Gasteiger partial charge in [-0.25, -0.2) is 0 Å². The van der Waals surface area contributed by atoms with Gasteiger partial charge in [-0.2, -0.15) is 0 Å². The number of amides is 4. The standard InChI is InChI=1S/C33H33Cl2N3O7/c1-3-45-25-16-18(4-11-24(25)39)27-21-9-10-22-26(23(21)17-32(34)30(42)36(2)31(43)33(27,32)35)29(41)38(28(22)40)20-7-5-19(6-8-20)37-12-14-44-15-13-37/h4-9,11,16,22-23,26-27,39H,3,10,12-15,17H2,1-2H3/t22-,23+,26-,27-,32+,33-/m0/s1. The van der Waals surface area contributed by atoms with Gasteiger partial charge in [-0.05, 0) is 67.6 Å². The number of phenolic OH excluding ortho intramolecular Hbond substituents is 1. The number of hydrogen-bond acceptors (Lipinski definition) is 8. The molecular formula is C33H33Cl2N3O7. The van der Waals surface area contributed by atoms with Gasteiger partial charge in [-0.1, -0.05) is 17.7 Å². The minimum absolute atomic E-state index is 0.0876. The van der Waals surface area contributed by atoms with Crippen molar-refractivity contribution in [1.82, 2.24) is 4.90 Å². The first kappa shape index (κ1) is 30.1. The van der Waals surface area contributed by atoms with Crippen molar-refractivity contribution in [1.29, 1.82) is 0 Å². The summed E-state index contributed by atoms with van der Waals surface area (Å²) in [6.07, 6.45) is 2.06. The Morgan fingerprint density at radius 3 is 2.33 bits per heavy atom. The number of hydrogen-bond donors (Lipinski definition) is 1. The number of allylic oxidation sites excluding steroid dienone is 2. The van der Waals surface area contributed by atoms with E-state index < -0.39 is 45.2 Å². The van der Waals surface area contributed by atoms with Crippen LogP contribution in [-0.2, 0) is 23.9 Å². The lowest BCUT2D eigenvalue weighted by molar-refractivity contribution is -0.138. The van der Waals surface area contributed by atoms with Gasteiger partial charge in [0.05, 0.1) is 37.3 Å². The molecule has 2 aromatic carbocycles.